The lowest BCUT2D eigenvalue weighted by Gasteiger charge is -2.14. The molecule has 0 radical (unpaired) electrons. The van der Waals surface area contributed by atoms with E-state index >= 15 is 0 Å². The van der Waals surface area contributed by atoms with E-state index in [-0.39, 0.29) is 6.42 Å². The van der Waals surface area contributed by atoms with Gasteiger partial charge in [-0.15, -0.1) is 0 Å². The van der Waals surface area contributed by atoms with Gasteiger partial charge in [-0.05, 0) is 12.1 Å². The zero-order valence-corrected chi connectivity index (χ0v) is 7.46. The van der Waals surface area contributed by atoms with Gasteiger partial charge in [-0.2, -0.15) is 5.26 Å². The van der Waals surface area contributed by atoms with Crippen LogP contribution in [0.5, 0.6) is 0 Å². The van der Waals surface area contributed by atoms with Crippen LogP contribution in [0.3, 0.4) is 0 Å². The van der Waals surface area contributed by atoms with Gasteiger partial charge in [0, 0.05) is 0 Å². The number of rotatable bonds is 3. The number of hydrogen-bond acceptors (Lipinski definition) is 5. The van der Waals surface area contributed by atoms with Gasteiger partial charge in [0.1, 0.15) is 6.10 Å². The van der Waals surface area contributed by atoms with Crippen molar-refractivity contribution in [2.75, 3.05) is 5.73 Å². The monoisotopic (exact) mass is 193 g/mol. The van der Waals surface area contributed by atoms with Gasteiger partial charge in [0.2, 0.25) is 0 Å². The highest BCUT2D eigenvalue weighted by atomic mass is 16.3. The van der Waals surface area contributed by atoms with Crippen molar-refractivity contribution in [2.45, 2.75) is 18.6 Å². The molecule has 0 bridgehead atoms. The van der Waals surface area contributed by atoms with Crippen molar-refractivity contribution in [2.24, 2.45) is 0 Å². The molecule has 0 spiro atoms. The van der Waals surface area contributed by atoms with Crippen molar-refractivity contribution in [3.63, 3.8) is 0 Å². The minimum atomic E-state index is -1.14. The fraction of sp³-hybridized carbons (Fsp3) is 0.333. The van der Waals surface area contributed by atoms with Crippen molar-refractivity contribution in [1.29, 1.82) is 5.26 Å². The number of nitrogens with two attached hydrogens (primary N) is 1. The summed E-state index contributed by atoms with van der Waals surface area (Å²) < 4.78 is 0. The Morgan fingerprint density at radius 1 is 1.50 bits per heavy atom. The van der Waals surface area contributed by atoms with E-state index in [0.29, 0.717) is 11.4 Å². The topological polar surface area (TPSA) is 103 Å². The van der Waals surface area contributed by atoms with E-state index in [4.69, 9.17) is 11.0 Å². The van der Waals surface area contributed by atoms with Crippen molar-refractivity contribution < 1.29 is 10.2 Å². The molecule has 0 saturated carbocycles. The third-order valence-electron chi connectivity index (χ3n) is 1.78. The molecule has 4 N–H and O–H groups in total. The van der Waals surface area contributed by atoms with E-state index in [1.54, 1.807) is 12.1 Å². The minimum absolute atomic E-state index is 0.132. The standard InChI is InChI=1S/C9H11N3O2/c10-4-3-8(13)9(14)7-2-1-6(11)5-12-7/h1-2,5,8-9,13-14H,3,11H2. The molecule has 0 aliphatic carbocycles. The third kappa shape index (κ3) is 2.42. The summed E-state index contributed by atoms with van der Waals surface area (Å²) in [6, 6.07) is 4.86. The SMILES string of the molecule is N#CCC(O)C(O)c1ccc(N)cn1. The molecular formula is C9H11N3O2. The number of aliphatic hydroxyl groups excluding tert-OH is 2. The van der Waals surface area contributed by atoms with Crippen LogP contribution in [0.25, 0.3) is 0 Å². The van der Waals surface area contributed by atoms with Crippen LogP contribution in [0, 0.1) is 11.3 Å². The molecule has 0 fully saturated rings. The van der Waals surface area contributed by atoms with Crippen LogP contribution in [-0.2, 0) is 0 Å². The Balaban J connectivity index is 2.74. The second-order valence-electron chi connectivity index (χ2n) is 2.89. The molecule has 0 saturated heterocycles. The number of nitrogen functional groups attached to an aromatic ring is 1. The first-order chi connectivity index (χ1) is 6.65. The van der Waals surface area contributed by atoms with Gasteiger partial charge in [0.05, 0.1) is 36.2 Å². The second kappa shape index (κ2) is 4.56. The summed E-state index contributed by atoms with van der Waals surface area (Å²) in [6.45, 7) is 0. The lowest BCUT2D eigenvalue weighted by Crippen LogP contribution is -2.18. The molecule has 5 nitrogen and oxygen atoms in total. The minimum Gasteiger partial charge on any atom is -0.397 e. The number of hydrogen-bond donors (Lipinski definition) is 3. The fourth-order valence-corrected chi connectivity index (χ4v) is 0.994. The van der Waals surface area contributed by atoms with Crippen molar-refractivity contribution in [3.8, 4) is 6.07 Å². The first kappa shape index (κ1) is 10.4. The molecular weight excluding hydrogens is 182 g/mol. The first-order valence-electron chi connectivity index (χ1n) is 4.09. The quantitative estimate of drug-likeness (QED) is 0.625. The maximum Gasteiger partial charge on any atom is 0.123 e. The van der Waals surface area contributed by atoms with Gasteiger partial charge in [-0.25, -0.2) is 0 Å². The number of nitriles is 1. The van der Waals surface area contributed by atoms with Crippen molar-refractivity contribution in [3.05, 3.63) is 24.0 Å². The van der Waals surface area contributed by atoms with E-state index in [0.717, 1.165) is 0 Å². The number of anilines is 1. The summed E-state index contributed by atoms with van der Waals surface area (Å²) in [5.74, 6) is 0. The number of aromatic nitrogens is 1. The normalized spacial score (nSPS) is 14.4. The smallest absolute Gasteiger partial charge is 0.123 e. The summed E-state index contributed by atoms with van der Waals surface area (Å²) in [5.41, 5.74) is 6.19. The van der Waals surface area contributed by atoms with E-state index in [9.17, 15) is 10.2 Å². The Kier molecular flexibility index (Phi) is 3.40. The van der Waals surface area contributed by atoms with Crippen molar-refractivity contribution >= 4 is 5.69 Å². The van der Waals surface area contributed by atoms with Gasteiger partial charge >= 0.3 is 0 Å². The zero-order valence-electron chi connectivity index (χ0n) is 7.46. The number of nitrogens with zero attached hydrogens (tertiary/aromatic N) is 2. The average molecular weight is 193 g/mol. The van der Waals surface area contributed by atoms with Gasteiger partial charge in [-0.1, -0.05) is 0 Å². The molecule has 5 heteroatoms. The van der Waals surface area contributed by atoms with E-state index in [1.165, 1.54) is 12.3 Å². The highest BCUT2D eigenvalue weighted by Crippen LogP contribution is 2.16. The zero-order chi connectivity index (χ0) is 10.6. The van der Waals surface area contributed by atoms with Crippen LogP contribution in [0.4, 0.5) is 5.69 Å². The van der Waals surface area contributed by atoms with Gasteiger partial charge in [0.25, 0.3) is 0 Å². The number of aliphatic hydroxyl groups is 2. The van der Waals surface area contributed by atoms with Gasteiger partial charge in [-0.3, -0.25) is 4.98 Å². The fourth-order valence-electron chi connectivity index (χ4n) is 0.994. The molecule has 1 heterocycles. The van der Waals surface area contributed by atoms with E-state index < -0.39 is 12.2 Å². The highest BCUT2D eigenvalue weighted by Gasteiger charge is 2.18. The maximum atomic E-state index is 9.51. The summed E-state index contributed by atoms with van der Waals surface area (Å²) in [5, 5.41) is 27.1. The number of pyridine rings is 1. The second-order valence-corrected chi connectivity index (χ2v) is 2.89. The molecule has 2 atom stereocenters. The van der Waals surface area contributed by atoms with Gasteiger partial charge < -0.3 is 15.9 Å². The van der Waals surface area contributed by atoms with E-state index in [2.05, 4.69) is 4.98 Å². The predicted octanol–water partition coefficient (Wildman–Crippen LogP) is -0.0282. The van der Waals surface area contributed by atoms with E-state index in [1.807, 2.05) is 0 Å². The molecule has 1 aromatic heterocycles. The Morgan fingerprint density at radius 2 is 2.21 bits per heavy atom. The molecule has 2 unspecified atom stereocenters. The lowest BCUT2D eigenvalue weighted by molar-refractivity contribution is 0.0190. The van der Waals surface area contributed by atoms with Crippen molar-refractivity contribution in [1.82, 2.24) is 4.98 Å². The molecule has 14 heavy (non-hydrogen) atoms. The highest BCUT2D eigenvalue weighted by molar-refractivity contribution is 5.35. The van der Waals surface area contributed by atoms with Crippen LogP contribution < -0.4 is 5.73 Å². The van der Waals surface area contributed by atoms with Crippen LogP contribution in [-0.4, -0.2) is 21.3 Å². The average Bonchev–Trinajstić information content (AvgIpc) is 2.18. The molecule has 0 aliphatic rings. The predicted molar refractivity (Wildman–Crippen MR) is 49.8 cm³/mol. The maximum absolute atomic E-state index is 9.51. The summed E-state index contributed by atoms with van der Waals surface area (Å²) in [6.07, 6.45) is -1.00. The lowest BCUT2D eigenvalue weighted by atomic mass is 10.1. The molecule has 0 amide bonds. The molecule has 1 aromatic rings. The largest absolute Gasteiger partial charge is 0.397 e. The molecule has 0 aromatic carbocycles. The summed E-state index contributed by atoms with van der Waals surface area (Å²) in [4.78, 5) is 3.84. The van der Waals surface area contributed by atoms with Gasteiger partial charge in [0.15, 0.2) is 0 Å². The molecule has 0 aliphatic heterocycles. The summed E-state index contributed by atoms with van der Waals surface area (Å²) >= 11 is 0. The molecule has 1 rings (SSSR count). The Morgan fingerprint density at radius 3 is 2.71 bits per heavy atom. The van der Waals surface area contributed by atoms with Crippen LogP contribution in [0.1, 0.15) is 18.2 Å². The van der Waals surface area contributed by atoms with Crippen LogP contribution in [0.2, 0.25) is 0 Å². The third-order valence-corrected chi connectivity index (χ3v) is 1.78. The van der Waals surface area contributed by atoms with Crippen LogP contribution in [0.15, 0.2) is 18.3 Å². The molecule has 74 valence electrons. The summed E-state index contributed by atoms with van der Waals surface area (Å²) in [7, 11) is 0. The Bertz CT molecular complexity index is 331. The Labute approximate surface area is 81.4 Å². The van der Waals surface area contributed by atoms with Crippen LogP contribution >= 0.6 is 0 Å². The first-order valence-corrected chi connectivity index (χ1v) is 4.09. The Hall–Kier alpha value is -1.64.